The fourth-order valence-corrected chi connectivity index (χ4v) is 3.81. The highest BCUT2D eigenvalue weighted by Gasteiger charge is 2.08. The van der Waals surface area contributed by atoms with Gasteiger partial charge >= 0.3 is 0 Å². The number of halogens is 1. The van der Waals surface area contributed by atoms with E-state index in [0.29, 0.717) is 16.6 Å². The molecule has 0 bridgehead atoms. The molecule has 1 aromatic carbocycles. The summed E-state index contributed by atoms with van der Waals surface area (Å²) in [6, 6.07) is 11.2. The molecule has 0 aliphatic rings. The molecule has 0 saturated carbocycles. The molecular formula is C16H12ClN3O2S2. The van der Waals surface area contributed by atoms with Crippen LogP contribution in [0.4, 0.5) is 5.13 Å². The van der Waals surface area contributed by atoms with Crippen LogP contribution >= 0.6 is 34.7 Å². The highest BCUT2D eigenvalue weighted by Crippen LogP contribution is 2.30. The number of benzene rings is 1. The zero-order chi connectivity index (χ0) is 16.8. The zero-order valence-electron chi connectivity index (χ0n) is 12.3. The van der Waals surface area contributed by atoms with Crippen molar-refractivity contribution in [2.24, 2.45) is 0 Å². The van der Waals surface area contributed by atoms with Crippen LogP contribution < -0.4 is 5.32 Å². The molecule has 3 rings (SSSR count). The lowest BCUT2D eigenvalue weighted by Crippen LogP contribution is -2.07. The average molecular weight is 378 g/mol. The van der Waals surface area contributed by atoms with E-state index in [4.69, 9.17) is 16.0 Å². The van der Waals surface area contributed by atoms with Crippen molar-refractivity contribution >= 4 is 51.8 Å². The molecule has 24 heavy (non-hydrogen) atoms. The third-order valence-corrected chi connectivity index (χ3v) is 5.28. The molecule has 3 aromatic rings. The lowest BCUT2D eigenvalue weighted by Gasteiger charge is -2.00. The molecule has 122 valence electrons. The maximum Gasteiger partial charge on any atom is 0.250 e. The first-order valence-electron chi connectivity index (χ1n) is 6.93. The predicted octanol–water partition coefficient (Wildman–Crippen LogP) is 4.73. The van der Waals surface area contributed by atoms with Crippen molar-refractivity contribution in [1.29, 1.82) is 0 Å². The number of nitrogens with zero attached hydrogens (tertiary/aromatic N) is 2. The van der Waals surface area contributed by atoms with Crippen molar-refractivity contribution in [3.63, 3.8) is 0 Å². The highest BCUT2D eigenvalue weighted by atomic mass is 35.5. The average Bonchev–Trinajstić information content (AvgIpc) is 3.24. The van der Waals surface area contributed by atoms with E-state index in [1.54, 1.807) is 24.5 Å². The first-order valence-corrected chi connectivity index (χ1v) is 9.11. The number of hydrogen-bond acceptors (Lipinski definition) is 6. The van der Waals surface area contributed by atoms with E-state index in [0.717, 1.165) is 14.9 Å². The van der Waals surface area contributed by atoms with Crippen LogP contribution in [0.1, 0.15) is 11.3 Å². The molecule has 8 heteroatoms. The quantitative estimate of drug-likeness (QED) is 0.382. The minimum Gasteiger partial charge on any atom is -0.465 e. The summed E-state index contributed by atoms with van der Waals surface area (Å²) in [5.41, 5.74) is 1.03. The summed E-state index contributed by atoms with van der Waals surface area (Å²) in [4.78, 5) is 11.8. The lowest BCUT2D eigenvalue weighted by atomic mass is 10.2. The number of thioether (sulfide) groups is 1. The number of anilines is 1. The molecular weight excluding hydrogens is 366 g/mol. The molecule has 5 nitrogen and oxygen atoms in total. The zero-order valence-corrected chi connectivity index (χ0v) is 14.7. The standard InChI is InChI=1S/C16H12ClN3O2S2/c17-13-6-2-1-4-11(13)10-23-16-20-19-15(24-16)18-14(21)8-7-12-5-3-9-22-12/h1-9H,10H2,(H,18,19,21)/b8-7+. The van der Waals surface area contributed by atoms with Gasteiger partial charge in [0.2, 0.25) is 11.0 Å². The van der Waals surface area contributed by atoms with Gasteiger partial charge < -0.3 is 4.42 Å². The maximum absolute atomic E-state index is 11.8. The molecule has 0 fully saturated rings. The Morgan fingerprint density at radius 1 is 1.29 bits per heavy atom. The number of hydrogen-bond donors (Lipinski definition) is 1. The summed E-state index contributed by atoms with van der Waals surface area (Å²) in [6.07, 6.45) is 4.52. The van der Waals surface area contributed by atoms with Crippen LogP contribution in [-0.2, 0) is 10.5 Å². The van der Waals surface area contributed by atoms with Crippen LogP contribution in [0, 0.1) is 0 Å². The van der Waals surface area contributed by atoms with Crippen LogP contribution in [0.15, 0.2) is 57.5 Å². The Balaban J connectivity index is 1.53. The van der Waals surface area contributed by atoms with E-state index < -0.39 is 0 Å². The first kappa shape index (κ1) is 16.8. The van der Waals surface area contributed by atoms with Gasteiger partial charge in [-0.1, -0.05) is 52.9 Å². The summed E-state index contributed by atoms with van der Waals surface area (Å²) in [6.45, 7) is 0. The number of furan rings is 1. The third-order valence-electron chi connectivity index (χ3n) is 2.89. The van der Waals surface area contributed by atoms with E-state index in [2.05, 4.69) is 15.5 Å². The molecule has 0 aliphatic heterocycles. The second-order valence-electron chi connectivity index (χ2n) is 4.59. The monoisotopic (exact) mass is 377 g/mol. The van der Waals surface area contributed by atoms with Crippen molar-refractivity contribution in [2.45, 2.75) is 10.1 Å². The van der Waals surface area contributed by atoms with Crippen molar-refractivity contribution in [2.75, 3.05) is 5.32 Å². The number of carbonyl (C=O) groups is 1. The van der Waals surface area contributed by atoms with Crippen LogP contribution in [0.3, 0.4) is 0 Å². The van der Waals surface area contributed by atoms with Gasteiger partial charge in [-0.3, -0.25) is 10.1 Å². The Labute approximate surface area is 151 Å². The number of carbonyl (C=O) groups excluding carboxylic acids is 1. The SMILES string of the molecule is O=C(/C=C/c1ccco1)Nc1nnc(SCc2ccccc2Cl)s1. The van der Waals surface area contributed by atoms with Crippen molar-refractivity contribution in [3.8, 4) is 0 Å². The fraction of sp³-hybridized carbons (Fsp3) is 0.0625. The van der Waals surface area contributed by atoms with E-state index in [1.165, 1.54) is 29.2 Å². The second kappa shape index (κ2) is 8.14. The number of rotatable bonds is 6. The van der Waals surface area contributed by atoms with Gasteiger partial charge in [-0.25, -0.2) is 0 Å². The Hall–Kier alpha value is -2.09. The van der Waals surface area contributed by atoms with E-state index >= 15 is 0 Å². The van der Waals surface area contributed by atoms with E-state index in [-0.39, 0.29) is 5.91 Å². The topological polar surface area (TPSA) is 68.0 Å². The van der Waals surface area contributed by atoms with Crippen LogP contribution in [0.2, 0.25) is 5.02 Å². The van der Waals surface area contributed by atoms with Crippen molar-refractivity contribution in [1.82, 2.24) is 10.2 Å². The number of amides is 1. The molecule has 0 atom stereocenters. The molecule has 1 N–H and O–H groups in total. The number of nitrogens with one attached hydrogen (secondary N) is 1. The van der Waals surface area contributed by atoms with Gasteiger partial charge in [-0.2, -0.15) is 0 Å². The van der Waals surface area contributed by atoms with E-state index in [1.807, 2.05) is 24.3 Å². The molecule has 0 radical (unpaired) electrons. The molecule has 2 aromatic heterocycles. The number of aromatic nitrogens is 2. The molecule has 0 unspecified atom stereocenters. The summed E-state index contributed by atoms with van der Waals surface area (Å²) >= 11 is 8.96. The largest absolute Gasteiger partial charge is 0.465 e. The van der Waals surface area contributed by atoms with Crippen LogP contribution in [-0.4, -0.2) is 16.1 Å². The minimum atomic E-state index is -0.287. The Morgan fingerprint density at radius 2 is 2.17 bits per heavy atom. The Kier molecular flexibility index (Phi) is 5.68. The molecule has 1 amide bonds. The maximum atomic E-state index is 11.8. The predicted molar refractivity (Wildman–Crippen MR) is 97.3 cm³/mol. The second-order valence-corrected chi connectivity index (χ2v) is 7.20. The Morgan fingerprint density at radius 3 is 2.96 bits per heavy atom. The smallest absolute Gasteiger partial charge is 0.250 e. The van der Waals surface area contributed by atoms with Crippen molar-refractivity contribution < 1.29 is 9.21 Å². The first-order chi connectivity index (χ1) is 11.7. The van der Waals surface area contributed by atoms with Gasteiger partial charge in [-0.05, 0) is 29.8 Å². The molecule has 0 saturated heterocycles. The summed E-state index contributed by atoms with van der Waals surface area (Å²) in [7, 11) is 0. The molecule has 2 heterocycles. The fourth-order valence-electron chi connectivity index (χ4n) is 1.76. The van der Waals surface area contributed by atoms with Crippen LogP contribution in [0.25, 0.3) is 6.08 Å². The van der Waals surface area contributed by atoms with Gasteiger partial charge in [0.25, 0.3) is 0 Å². The van der Waals surface area contributed by atoms with E-state index in [9.17, 15) is 4.79 Å². The summed E-state index contributed by atoms with van der Waals surface area (Å²) in [5.74, 6) is 1.02. The van der Waals surface area contributed by atoms with Crippen molar-refractivity contribution in [3.05, 3.63) is 65.1 Å². The lowest BCUT2D eigenvalue weighted by molar-refractivity contribution is -0.111. The van der Waals surface area contributed by atoms with Gasteiger partial charge in [0.15, 0.2) is 4.34 Å². The van der Waals surface area contributed by atoms with Gasteiger partial charge in [-0.15, -0.1) is 10.2 Å². The summed E-state index contributed by atoms with van der Waals surface area (Å²) < 4.78 is 5.88. The highest BCUT2D eigenvalue weighted by molar-refractivity contribution is 8.00. The third kappa shape index (κ3) is 4.70. The van der Waals surface area contributed by atoms with Gasteiger partial charge in [0, 0.05) is 16.9 Å². The molecule has 0 spiro atoms. The Bertz CT molecular complexity index is 847. The minimum absolute atomic E-state index is 0.287. The summed E-state index contributed by atoms with van der Waals surface area (Å²) in [5, 5.41) is 11.9. The van der Waals surface area contributed by atoms with Crippen LogP contribution in [0.5, 0.6) is 0 Å². The van der Waals surface area contributed by atoms with Gasteiger partial charge in [0.1, 0.15) is 5.76 Å². The van der Waals surface area contributed by atoms with Gasteiger partial charge in [0.05, 0.1) is 6.26 Å². The molecule has 0 aliphatic carbocycles. The normalized spacial score (nSPS) is 11.0.